The maximum absolute atomic E-state index is 13.5. The molecule has 0 bridgehead atoms. The first-order valence-electron chi connectivity index (χ1n) is 10.8. The van der Waals surface area contributed by atoms with E-state index < -0.39 is 35.8 Å². The number of aromatic nitrogens is 7. The number of carbonyl (C=O) groups is 2. The van der Waals surface area contributed by atoms with Crippen molar-refractivity contribution in [2.24, 2.45) is 7.05 Å². The number of alkyl halides is 3. The molecule has 0 aliphatic rings. The number of amides is 2. The van der Waals surface area contributed by atoms with Crippen LogP contribution in [-0.2, 0) is 18.0 Å². The molecule has 202 valence electrons. The number of anilines is 2. The smallest absolute Gasteiger partial charge is 0.433 e. The van der Waals surface area contributed by atoms with Crippen molar-refractivity contribution < 1.29 is 31.9 Å². The summed E-state index contributed by atoms with van der Waals surface area (Å²) < 4.78 is 58.0. The standard InChI is InChI=1S/C22H16ClF4N9O3/c1-10(14-5-12(24)7-29-17(14)23)39-21(38)33-19-16(34-35-36(19)2)18-30-8-13(9-31-18)32-20(37)11-3-4-15(28-6-11)22(25,26)27/h3-10H,1-2H3,(H,32,37)(H,33,38)/t10-/m1/s1. The van der Waals surface area contributed by atoms with Crippen molar-refractivity contribution in [1.82, 2.24) is 34.9 Å². The summed E-state index contributed by atoms with van der Waals surface area (Å²) in [6.45, 7) is 1.47. The highest BCUT2D eigenvalue weighted by Gasteiger charge is 2.32. The van der Waals surface area contributed by atoms with Gasteiger partial charge in [0.2, 0.25) is 0 Å². The van der Waals surface area contributed by atoms with E-state index in [1.165, 1.54) is 31.0 Å². The molecular weight excluding hydrogens is 550 g/mol. The number of carbonyl (C=O) groups excluding carboxylic acids is 2. The van der Waals surface area contributed by atoms with Gasteiger partial charge in [-0.3, -0.25) is 15.1 Å². The van der Waals surface area contributed by atoms with Gasteiger partial charge in [0.05, 0.1) is 29.8 Å². The normalized spacial score (nSPS) is 12.1. The molecule has 39 heavy (non-hydrogen) atoms. The Bertz CT molecular complexity index is 1510. The van der Waals surface area contributed by atoms with Crippen molar-refractivity contribution in [1.29, 1.82) is 0 Å². The number of aryl methyl sites for hydroxylation is 1. The summed E-state index contributed by atoms with van der Waals surface area (Å²) in [6, 6.07) is 2.76. The van der Waals surface area contributed by atoms with Gasteiger partial charge in [-0.2, -0.15) is 13.2 Å². The summed E-state index contributed by atoms with van der Waals surface area (Å²) in [7, 11) is 1.48. The molecule has 0 unspecified atom stereocenters. The quantitative estimate of drug-likeness (QED) is 0.255. The van der Waals surface area contributed by atoms with Crippen molar-refractivity contribution in [2.45, 2.75) is 19.2 Å². The lowest BCUT2D eigenvalue weighted by molar-refractivity contribution is -0.141. The Kier molecular flexibility index (Phi) is 7.66. The Balaban J connectivity index is 1.43. The summed E-state index contributed by atoms with van der Waals surface area (Å²) in [6.07, 6.45) is -2.37. The predicted octanol–water partition coefficient (Wildman–Crippen LogP) is 4.44. The van der Waals surface area contributed by atoms with Gasteiger partial charge in [-0.25, -0.2) is 28.8 Å². The van der Waals surface area contributed by atoms with Crippen LogP contribution in [0.15, 0.2) is 43.0 Å². The molecular formula is C22H16ClF4N9O3. The number of pyridine rings is 2. The summed E-state index contributed by atoms with van der Waals surface area (Å²) in [5.74, 6) is -1.32. The van der Waals surface area contributed by atoms with Crippen LogP contribution in [-0.4, -0.2) is 46.9 Å². The Morgan fingerprint density at radius 1 is 1.05 bits per heavy atom. The molecule has 2 amide bonds. The number of hydrogen-bond donors (Lipinski definition) is 2. The van der Waals surface area contributed by atoms with E-state index in [2.05, 4.69) is 40.9 Å². The second kappa shape index (κ2) is 10.9. The van der Waals surface area contributed by atoms with E-state index in [-0.39, 0.29) is 39.3 Å². The number of ether oxygens (including phenoxy) is 1. The minimum atomic E-state index is -4.63. The molecule has 0 aliphatic carbocycles. The van der Waals surface area contributed by atoms with Crippen LogP contribution in [0.2, 0.25) is 5.15 Å². The minimum absolute atomic E-state index is 0.0121. The highest BCUT2D eigenvalue weighted by Crippen LogP contribution is 2.28. The van der Waals surface area contributed by atoms with Gasteiger partial charge in [0, 0.05) is 18.8 Å². The summed E-state index contributed by atoms with van der Waals surface area (Å²) in [5, 5.41) is 12.6. The number of nitrogens with one attached hydrogen (secondary N) is 2. The van der Waals surface area contributed by atoms with Crippen LogP contribution < -0.4 is 10.6 Å². The topological polar surface area (TPSA) is 150 Å². The number of halogens is 5. The van der Waals surface area contributed by atoms with Gasteiger partial charge >= 0.3 is 12.3 Å². The molecule has 0 saturated carbocycles. The van der Waals surface area contributed by atoms with E-state index in [0.29, 0.717) is 6.07 Å². The van der Waals surface area contributed by atoms with Crippen molar-refractivity contribution in [3.05, 3.63) is 70.8 Å². The molecule has 0 aliphatic heterocycles. The van der Waals surface area contributed by atoms with Crippen molar-refractivity contribution >= 4 is 35.1 Å². The van der Waals surface area contributed by atoms with Crippen LogP contribution in [0.1, 0.15) is 34.6 Å². The van der Waals surface area contributed by atoms with Crippen LogP contribution in [0.5, 0.6) is 0 Å². The average molecular weight is 566 g/mol. The molecule has 0 spiro atoms. The van der Waals surface area contributed by atoms with Crippen molar-refractivity contribution in [2.75, 3.05) is 10.6 Å². The van der Waals surface area contributed by atoms with Crippen LogP contribution in [0.3, 0.4) is 0 Å². The monoisotopic (exact) mass is 565 g/mol. The SMILES string of the molecule is C[C@@H](OC(=O)Nc1c(-c2ncc(NC(=O)c3ccc(C(F)(F)F)nc3)cn2)nnn1C)c1cc(F)cnc1Cl. The molecule has 4 rings (SSSR count). The molecule has 0 radical (unpaired) electrons. The van der Waals surface area contributed by atoms with Gasteiger partial charge in [-0.15, -0.1) is 5.10 Å². The molecule has 1 atom stereocenters. The molecule has 4 aromatic heterocycles. The van der Waals surface area contributed by atoms with Gasteiger partial charge in [0.15, 0.2) is 17.3 Å². The molecule has 0 aromatic carbocycles. The van der Waals surface area contributed by atoms with E-state index >= 15 is 0 Å². The van der Waals surface area contributed by atoms with Gasteiger partial charge in [-0.1, -0.05) is 16.8 Å². The molecule has 2 N–H and O–H groups in total. The van der Waals surface area contributed by atoms with Gasteiger partial charge in [-0.05, 0) is 25.1 Å². The molecule has 12 nitrogen and oxygen atoms in total. The second-order valence-corrected chi connectivity index (χ2v) is 8.15. The van der Waals surface area contributed by atoms with Gasteiger partial charge in [0.25, 0.3) is 5.91 Å². The van der Waals surface area contributed by atoms with Crippen molar-refractivity contribution in [3.8, 4) is 11.5 Å². The Morgan fingerprint density at radius 2 is 1.77 bits per heavy atom. The van der Waals surface area contributed by atoms with E-state index in [4.69, 9.17) is 16.3 Å². The number of hydrogen-bond acceptors (Lipinski definition) is 9. The lowest BCUT2D eigenvalue weighted by Crippen LogP contribution is -2.19. The van der Waals surface area contributed by atoms with Gasteiger partial charge < -0.3 is 10.1 Å². The minimum Gasteiger partial charge on any atom is -0.441 e. The fraction of sp³-hybridized carbons (Fsp3) is 0.182. The Labute approximate surface area is 221 Å². The van der Waals surface area contributed by atoms with Crippen LogP contribution in [0.4, 0.5) is 33.9 Å². The third-order valence-electron chi connectivity index (χ3n) is 5.04. The number of rotatable bonds is 6. The zero-order valence-corrected chi connectivity index (χ0v) is 20.6. The fourth-order valence-corrected chi connectivity index (χ4v) is 3.39. The molecule has 17 heteroatoms. The maximum Gasteiger partial charge on any atom is 0.433 e. The largest absolute Gasteiger partial charge is 0.441 e. The lowest BCUT2D eigenvalue weighted by atomic mass is 10.2. The maximum atomic E-state index is 13.5. The number of nitrogens with zero attached hydrogens (tertiary/aromatic N) is 7. The highest BCUT2D eigenvalue weighted by molar-refractivity contribution is 6.30. The van der Waals surface area contributed by atoms with Crippen LogP contribution in [0, 0.1) is 5.82 Å². The van der Waals surface area contributed by atoms with Crippen molar-refractivity contribution in [3.63, 3.8) is 0 Å². The van der Waals surface area contributed by atoms with Gasteiger partial charge in [0.1, 0.15) is 22.8 Å². The summed E-state index contributed by atoms with van der Waals surface area (Å²) in [4.78, 5) is 39.9. The van der Waals surface area contributed by atoms with E-state index in [0.717, 1.165) is 24.5 Å². The average Bonchev–Trinajstić information content (AvgIpc) is 3.25. The zero-order valence-electron chi connectivity index (χ0n) is 19.9. The summed E-state index contributed by atoms with van der Waals surface area (Å²) in [5.41, 5.74) is -0.916. The third kappa shape index (κ3) is 6.40. The first-order chi connectivity index (χ1) is 18.4. The third-order valence-corrected chi connectivity index (χ3v) is 5.36. The highest BCUT2D eigenvalue weighted by atomic mass is 35.5. The zero-order chi connectivity index (χ0) is 28.3. The molecule has 0 saturated heterocycles. The molecule has 4 aromatic rings. The van der Waals surface area contributed by atoms with Crippen LogP contribution in [0.25, 0.3) is 11.5 Å². The molecule has 0 fully saturated rings. The second-order valence-electron chi connectivity index (χ2n) is 7.80. The first-order valence-corrected chi connectivity index (χ1v) is 11.2. The van der Waals surface area contributed by atoms with E-state index in [9.17, 15) is 27.2 Å². The fourth-order valence-electron chi connectivity index (χ4n) is 3.14. The Hall–Kier alpha value is -4.73. The summed E-state index contributed by atoms with van der Waals surface area (Å²) >= 11 is 5.95. The van der Waals surface area contributed by atoms with E-state index in [1.54, 1.807) is 0 Å². The van der Waals surface area contributed by atoms with E-state index in [1.807, 2.05) is 0 Å². The Morgan fingerprint density at radius 3 is 2.41 bits per heavy atom. The van der Waals surface area contributed by atoms with Crippen LogP contribution >= 0.6 is 11.6 Å². The molecule has 4 heterocycles. The lowest BCUT2D eigenvalue weighted by Gasteiger charge is -2.15. The predicted molar refractivity (Wildman–Crippen MR) is 127 cm³/mol. The first kappa shape index (κ1) is 27.3.